The van der Waals surface area contributed by atoms with Crippen molar-refractivity contribution >= 4 is 66.4 Å². The van der Waals surface area contributed by atoms with Crippen molar-refractivity contribution in [3.05, 3.63) is 56.2 Å². The molecule has 0 nitrogen and oxygen atoms in total. The molecule has 0 bridgehead atoms. The quantitative estimate of drug-likeness (QED) is 0.475. The zero-order valence-corrected chi connectivity index (χ0v) is 15.5. The van der Waals surface area contributed by atoms with Crippen molar-refractivity contribution in [2.45, 2.75) is 11.8 Å². The summed E-state index contributed by atoms with van der Waals surface area (Å²) in [4.78, 5) is 1.29. The Morgan fingerprint density at radius 1 is 0.947 bits per heavy atom. The van der Waals surface area contributed by atoms with E-state index in [2.05, 4.69) is 50.1 Å². The maximum absolute atomic E-state index is 6.02. The van der Waals surface area contributed by atoms with E-state index in [9.17, 15) is 0 Å². The van der Waals surface area contributed by atoms with Crippen LogP contribution in [-0.2, 0) is 11.8 Å². The number of halogens is 4. The van der Waals surface area contributed by atoms with Gasteiger partial charge in [-0.05, 0) is 36.2 Å². The SMILES string of the molecule is Clc1ccc(C(CBr)(CBr)Cc2ccc(Cl)s2)cc1. The molecule has 5 heteroatoms. The molecule has 0 saturated heterocycles. The summed E-state index contributed by atoms with van der Waals surface area (Å²) in [6.07, 6.45) is 0.947. The highest BCUT2D eigenvalue weighted by Crippen LogP contribution is 2.36. The Morgan fingerprint density at radius 3 is 2.05 bits per heavy atom. The first kappa shape index (κ1) is 15.8. The van der Waals surface area contributed by atoms with E-state index in [1.807, 2.05) is 18.2 Å². The van der Waals surface area contributed by atoms with Gasteiger partial charge in [0.2, 0.25) is 0 Å². The molecule has 19 heavy (non-hydrogen) atoms. The van der Waals surface area contributed by atoms with Crippen LogP contribution in [-0.4, -0.2) is 10.7 Å². The zero-order valence-electron chi connectivity index (χ0n) is 10.0. The molecule has 0 N–H and O–H groups in total. The summed E-state index contributed by atoms with van der Waals surface area (Å²) in [5.74, 6) is 0. The molecule has 0 aliphatic heterocycles. The highest BCUT2D eigenvalue weighted by molar-refractivity contribution is 9.09. The molecular formula is C14H12Br2Cl2S. The Balaban J connectivity index is 2.33. The van der Waals surface area contributed by atoms with Crippen LogP contribution in [0, 0.1) is 0 Å². The van der Waals surface area contributed by atoms with Gasteiger partial charge in [-0.3, -0.25) is 0 Å². The van der Waals surface area contributed by atoms with Crippen molar-refractivity contribution in [3.8, 4) is 0 Å². The summed E-state index contributed by atoms with van der Waals surface area (Å²) < 4.78 is 0.837. The fraction of sp³-hybridized carbons (Fsp3) is 0.286. The number of hydrogen-bond acceptors (Lipinski definition) is 1. The number of alkyl halides is 2. The minimum absolute atomic E-state index is 0.0127. The first-order valence-corrected chi connectivity index (χ1v) is 9.53. The Hall–Kier alpha value is 0.460. The van der Waals surface area contributed by atoms with E-state index >= 15 is 0 Å². The second kappa shape index (κ2) is 6.95. The van der Waals surface area contributed by atoms with Crippen LogP contribution in [0.3, 0.4) is 0 Å². The van der Waals surface area contributed by atoms with Gasteiger partial charge in [0.25, 0.3) is 0 Å². The largest absolute Gasteiger partial charge is 0.128 e. The van der Waals surface area contributed by atoms with E-state index in [-0.39, 0.29) is 5.41 Å². The van der Waals surface area contributed by atoms with Gasteiger partial charge >= 0.3 is 0 Å². The first-order valence-electron chi connectivity index (χ1n) is 5.72. The molecular weight excluding hydrogens is 431 g/mol. The summed E-state index contributed by atoms with van der Waals surface area (Å²) >= 11 is 21.0. The fourth-order valence-corrected chi connectivity index (χ4v) is 5.30. The van der Waals surface area contributed by atoms with Crippen LogP contribution < -0.4 is 0 Å². The third kappa shape index (κ3) is 3.76. The molecule has 0 radical (unpaired) electrons. The van der Waals surface area contributed by atoms with Crippen LogP contribution in [0.2, 0.25) is 9.36 Å². The molecule has 2 rings (SSSR count). The molecule has 0 spiro atoms. The van der Waals surface area contributed by atoms with E-state index in [0.29, 0.717) is 0 Å². The highest BCUT2D eigenvalue weighted by atomic mass is 79.9. The molecule has 1 aromatic heterocycles. The highest BCUT2D eigenvalue weighted by Gasteiger charge is 2.31. The predicted molar refractivity (Wildman–Crippen MR) is 93.8 cm³/mol. The third-order valence-corrected chi connectivity index (χ3v) is 6.74. The van der Waals surface area contributed by atoms with Crippen LogP contribution in [0.25, 0.3) is 0 Å². The molecule has 2 aromatic rings. The van der Waals surface area contributed by atoms with Crippen LogP contribution in [0.15, 0.2) is 36.4 Å². The Labute approximate surface area is 144 Å². The lowest BCUT2D eigenvalue weighted by molar-refractivity contribution is 0.556. The molecule has 102 valence electrons. The fourth-order valence-electron chi connectivity index (χ4n) is 1.97. The molecule has 0 unspecified atom stereocenters. The van der Waals surface area contributed by atoms with Crippen molar-refractivity contribution in [2.75, 3.05) is 10.7 Å². The van der Waals surface area contributed by atoms with Crippen LogP contribution >= 0.6 is 66.4 Å². The zero-order chi connectivity index (χ0) is 13.9. The maximum Gasteiger partial charge on any atom is 0.0931 e. The second-order valence-electron chi connectivity index (χ2n) is 4.44. The lowest BCUT2D eigenvalue weighted by Crippen LogP contribution is -2.32. The lowest BCUT2D eigenvalue weighted by Gasteiger charge is -2.30. The summed E-state index contributed by atoms with van der Waals surface area (Å²) in [6.45, 7) is 0. The van der Waals surface area contributed by atoms with E-state index in [4.69, 9.17) is 23.2 Å². The molecule has 0 aliphatic rings. The Kier molecular flexibility index (Phi) is 5.79. The molecule has 0 amide bonds. The average Bonchev–Trinajstić information content (AvgIpc) is 2.82. The lowest BCUT2D eigenvalue weighted by atomic mass is 9.81. The van der Waals surface area contributed by atoms with Gasteiger partial charge in [0.15, 0.2) is 0 Å². The normalized spacial score (nSPS) is 11.8. The average molecular weight is 443 g/mol. The monoisotopic (exact) mass is 440 g/mol. The van der Waals surface area contributed by atoms with Crippen LogP contribution in [0.4, 0.5) is 0 Å². The molecule has 1 aromatic carbocycles. The number of thiophene rings is 1. The predicted octanol–water partition coefficient (Wildman–Crippen LogP) is 6.33. The summed E-state index contributed by atoms with van der Waals surface area (Å²) in [5, 5.41) is 2.52. The summed E-state index contributed by atoms with van der Waals surface area (Å²) in [7, 11) is 0. The van der Waals surface area contributed by atoms with Crippen molar-refractivity contribution < 1.29 is 0 Å². The number of rotatable bonds is 5. The van der Waals surface area contributed by atoms with Gasteiger partial charge in [-0.25, -0.2) is 0 Å². The maximum atomic E-state index is 6.02. The second-order valence-corrected chi connectivity index (χ2v) is 7.79. The van der Waals surface area contributed by atoms with Crippen molar-refractivity contribution in [3.63, 3.8) is 0 Å². The topological polar surface area (TPSA) is 0 Å². The van der Waals surface area contributed by atoms with Crippen molar-refractivity contribution in [1.29, 1.82) is 0 Å². The van der Waals surface area contributed by atoms with Crippen LogP contribution in [0.1, 0.15) is 10.4 Å². The van der Waals surface area contributed by atoms with Gasteiger partial charge < -0.3 is 0 Å². The summed E-state index contributed by atoms with van der Waals surface area (Å²) in [6, 6.07) is 12.1. The minimum atomic E-state index is 0.0127. The van der Waals surface area contributed by atoms with E-state index in [1.54, 1.807) is 11.3 Å². The minimum Gasteiger partial charge on any atom is -0.128 e. The van der Waals surface area contributed by atoms with E-state index < -0.39 is 0 Å². The van der Waals surface area contributed by atoms with Gasteiger partial charge in [-0.2, -0.15) is 0 Å². The van der Waals surface area contributed by atoms with E-state index in [1.165, 1.54) is 10.4 Å². The first-order chi connectivity index (χ1) is 9.09. The molecule has 0 atom stereocenters. The van der Waals surface area contributed by atoms with E-state index in [0.717, 1.165) is 26.4 Å². The molecule has 1 heterocycles. The number of benzene rings is 1. The Morgan fingerprint density at radius 2 is 1.58 bits per heavy atom. The smallest absolute Gasteiger partial charge is 0.0931 e. The van der Waals surface area contributed by atoms with Gasteiger partial charge in [-0.1, -0.05) is 67.2 Å². The van der Waals surface area contributed by atoms with Gasteiger partial charge in [0, 0.05) is 26.0 Å². The van der Waals surface area contributed by atoms with Crippen LogP contribution in [0.5, 0.6) is 0 Å². The van der Waals surface area contributed by atoms with Gasteiger partial charge in [0.1, 0.15) is 0 Å². The molecule has 0 fully saturated rings. The summed E-state index contributed by atoms with van der Waals surface area (Å²) in [5.41, 5.74) is 1.29. The third-order valence-electron chi connectivity index (χ3n) is 3.11. The van der Waals surface area contributed by atoms with Crippen molar-refractivity contribution in [1.82, 2.24) is 0 Å². The number of hydrogen-bond donors (Lipinski definition) is 0. The standard InChI is InChI=1S/C14H12Br2Cl2S/c15-8-14(9-16,7-12-5-6-13(18)19-12)10-1-3-11(17)4-2-10/h1-6H,7-9H2. The van der Waals surface area contributed by atoms with Crippen molar-refractivity contribution in [2.24, 2.45) is 0 Å². The van der Waals surface area contributed by atoms with Gasteiger partial charge in [0.05, 0.1) is 4.34 Å². The molecule has 0 aliphatic carbocycles. The molecule has 0 saturated carbocycles. The van der Waals surface area contributed by atoms with Gasteiger partial charge in [-0.15, -0.1) is 11.3 Å². The Bertz CT molecular complexity index is 533.